The summed E-state index contributed by atoms with van der Waals surface area (Å²) in [5.74, 6) is 1.11. The number of nitrogens with two attached hydrogens (primary N) is 2. The van der Waals surface area contributed by atoms with E-state index in [1.165, 1.54) is 18.4 Å². The lowest BCUT2D eigenvalue weighted by Crippen LogP contribution is -2.21. The minimum absolute atomic E-state index is 0.0482. The molecule has 2 aromatic carbocycles. The molecule has 0 heterocycles. The highest BCUT2D eigenvalue weighted by molar-refractivity contribution is 6.05. The first-order valence-corrected chi connectivity index (χ1v) is 8.41. The van der Waals surface area contributed by atoms with Crippen LogP contribution in [0.25, 0.3) is 0 Å². The highest BCUT2D eigenvalue weighted by atomic mass is 16.6. The van der Waals surface area contributed by atoms with Crippen LogP contribution in [0, 0.1) is 0 Å². The molecule has 1 fully saturated rings. The van der Waals surface area contributed by atoms with Gasteiger partial charge >= 0.3 is 6.16 Å². The van der Waals surface area contributed by atoms with Crippen LogP contribution in [0.5, 0.6) is 5.75 Å². The third-order valence-corrected chi connectivity index (χ3v) is 3.88. The largest absolute Gasteiger partial charge is 0.503 e. The zero-order valence-corrected chi connectivity index (χ0v) is 15.3. The molecule has 9 heteroatoms. The molecular formula is C19H22N4O5. The van der Waals surface area contributed by atoms with E-state index in [4.69, 9.17) is 31.2 Å². The molecule has 1 aliphatic rings. The number of rotatable bonds is 5. The van der Waals surface area contributed by atoms with Crippen molar-refractivity contribution in [1.29, 1.82) is 0 Å². The highest BCUT2D eigenvalue weighted by Gasteiger charge is 2.26. The van der Waals surface area contributed by atoms with Gasteiger partial charge in [0.2, 0.25) is 0 Å². The second-order valence-corrected chi connectivity index (χ2v) is 6.05. The fourth-order valence-electron chi connectivity index (χ4n) is 2.59. The number of nitrogens with zero attached hydrogens (tertiary/aromatic N) is 1. The number of aliphatic imine (C=N–C) groups is 1. The molecule has 3 rings (SSSR count). The molecule has 148 valence electrons. The van der Waals surface area contributed by atoms with E-state index in [1.807, 2.05) is 18.2 Å². The van der Waals surface area contributed by atoms with Gasteiger partial charge in [0.15, 0.2) is 5.96 Å². The summed E-state index contributed by atoms with van der Waals surface area (Å²) in [5, 5.41) is 16.8. The van der Waals surface area contributed by atoms with Crippen LogP contribution in [0.3, 0.4) is 0 Å². The number of hydrogen-bond donors (Lipinski definition) is 5. The molecule has 0 unspecified atom stereocenters. The Morgan fingerprint density at radius 2 is 1.82 bits per heavy atom. The normalized spacial score (nSPS) is 12.2. The van der Waals surface area contributed by atoms with E-state index in [0.717, 1.165) is 5.75 Å². The van der Waals surface area contributed by atoms with Gasteiger partial charge in [-0.3, -0.25) is 4.79 Å². The number of nitrogens with one attached hydrogen (secondary N) is 1. The van der Waals surface area contributed by atoms with Crippen LogP contribution in [0.2, 0.25) is 0 Å². The first-order chi connectivity index (χ1) is 13.3. The molecule has 0 spiro atoms. The molecule has 1 aliphatic carbocycles. The van der Waals surface area contributed by atoms with Crippen molar-refractivity contribution >= 4 is 29.4 Å². The van der Waals surface area contributed by atoms with E-state index < -0.39 is 6.16 Å². The van der Waals surface area contributed by atoms with Gasteiger partial charge in [0, 0.05) is 17.3 Å². The van der Waals surface area contributed by atoms with Crippen molar-refractivity contribution in [1.82, 2.24) is 0 Å². The Balaban J connectivity index is 0.000000640. The molecule has 2 aromatic rings. The zero-order valence-electron chi connectivity index (χ0n) is 15.3. The molecule has 0 aliphatic heterocycles. The van der Waals surface area contributed by atoms with Gasteiger partial charge in [0.1, 0.15) is 5.75 Å². The van der Waals surface area contributed by atoms with E-state index in [9.17, 15) is 4.79 Å². The lowest BCUT2D eigenvalue weighted by molar-refractivity contribution is 0.102. The second-order valence-electron chi connectivity index (χ2n) is 6.05. The molecule has 1 saturated carbocycles. The summed E-state index contributed by atoms with van der Waals surface area (Å²) in [4.78, 5) is 24.9. The number of benzene rings is 2. The number of carboxylic acid groups (broad SMARTS) is 2. The van der Waals surface area contributed by atoms with Crippen molar-refractivity contribution in [2.24, 2.45) is 16.5 Å². The third-order valence-electron chi connectivity index (χ3n) is 3.88. The minimum Gasteiger partial charge on any atom is -0.496 e. The number of carbonyl (C=O) groups excluding carboxylic acids is 1. The number of ether oxygens (including phenoxy) is 1. The lowest BCUT2D eigenvalue weighted by atomic mass is 10.1. The lowest BCUT2D eigenvalue weighted by Gasteiger charge is -2.11. The third kappa shape index (κ3) is 6.20. The Morgan fingerprint density at radius 1 is 1.14 bits per heavy atom. The van der Waals surface area contributed by atoms with Gasteiger partial charge in [0.25, 0.3) is 5.91 Å². The van der Waals surface area contributed by atoms with Gasteiger partial charge in [-0.1, -0.05) is 12.1 Å². The molecule has 0 radical (unpaired) electrons. The van der Waals surface area contributed by atoms with Gasteiger partial charge in [-0.05, 0) is 48.6 Å². The smallest absolute Gasteiger partial charge is 0.496 e. The number of hydrogen-bond acceptors (Lipinski definition) is 4. The summed E-state index contributed by atoms with van der Waals surface area (Å²) < 4.78 is 5.44. The van der Waals surface area contributed by atoms with E-state index >= 15 is 0 Å². The fourth-order valence-corrected chi connectivity index (χ4v) is 2.59. The molecule has 7 N–H and O–H groups in total. The van der Waals surface area contributed by atoms with E-state index in [0.29, 0.717) is 22.9 Å². The fraction of sp³-hybridized carbons (Fsp3) is 0.211. The second kappa shape index (κ2) is 9.26. The molecule has 0 bridgehead atoms. The van der Waals surface area contributed by atoms with Gasteiger partial charge in [-0.15, -0.1) is 0 Å². The van der Waals surface area contributed by atoms with Crippen LogP contribution in [0.1, 0.15) is 34.7 Å². The molecule has 0 atom stereocenters. The predicted octanol–water partition coefficient (Wildman–Crippen LogP) is 2.95. The van der Waals surface area contributed by atoms with Crippen molar-refractivity contribution < 1.29 is 24.5 Å². The van der Waals surface area contributed by atoms with E-state index in [1.54, 1.807) is 31.4 Å². The van der Waals surface area contributed by atoms with Gasteiger partial charge in [0.05, 0.1) is 12.8 Å². The first kappa shape index (κ1) is 20.6. The van der Waals surface area contributed by atoms with Crippen molar-refractivity contribution in [3.05, 3.63) is 53.6 Å². The topological polar surface area (TPSA) is 160 Å². The summed E-state index contributed by atoms with van der Waals surface area (Å²) in [6.45, 7) is 0. The monoisotopic (exact) mass is 386 g/mol. The van der Waals surface area contributed by atoms with Gasteiger partial charge < -0.3 is 31.7 Å². The molecular weight excluding hydrogens is 364 g/mol. The maximum absolute atomic E-state index is 12.4. The molecule has 1 amide bonds. The van der Waals surface area contributed by atoms with E-state index in [-0.39, 0.29) is 11.9 Å². The quantitative estimate of drug-likeness (QED) is 0.390. The summed E-state index contributed by atoms with van der Waals surface area (Å²) in [7, 11) is 1.64. The van der Waals surface area contributed by atoms with Crippen molar-refractivity contribution in [2.45, 2.75) is 18.8 Å². The van der Waals surface area contributed by atoms with Crippen LogP contribution >= 0.6 is 0 Å². The highest BCUT2D eigenvalue weighted by Crippen LogP contribution is 2.44. The summed E-state index contributed by atoms with van der Waals surface area (Å²) >= 11 is 0. The minimum atomic E-state index is -1.83. The maximum atomic E-state index is 12.4. The Kier molecular flexibility index (Phi) is 6.80. The molecule has 0 saturated heterocycles. The number of amides is 1. The van der Waals surface area contributed by atoms with Gasteiger partial charge in [-0.25, -0.2) is 9.79 Å². The SMILES string of the molecule is COc1cc(NC(=O)c2cccc(N=C(N)N)c2)ccc1C1CC1.O=C(O)O. The predicted molar refractivity (Wildman–Crippen MR) is 105 cm³/mol. The number of guanidine groups is 1. The summed E-state index contributed by atoms with van der Waals surface area (Å²) in [6.07, 6.45) is 0.555. The Morgan fingerprint density at radius 3 is 2.39 bits per heavy atom. The van der Waals surface area contributed by atoms with Crippen molar-refractivity contribution in [3.8, 4) is 5.75 Å². The van der Waals surface area contributed by atoms with Crippen LogP contribution in [-0.4, -0.2) is 35.3 Å². The Hall–Kier alpha value is -3.75. The maximum Gasteiger partial charge on any atom is 0.503 e. The number of carbonyl (C=O) groups is 2. The average molecular weight is 386 g/mol. The standard InChI is InChI=1S/C18H20N4O2.CH2O3/c1-24-16-10-14(7-8-15(16)11-5-6-11)21-17(23)12-3-2-4-13(9-12)22-18(19)20;2-1(3)4/h2-4,7-11H,5-6H2,1H3,(H,21,23)(H4,19,20,22);(H2,2,3,4). The van der Waals surface area contributed by atoms with Crippen LogP contribution in [-0.2, 0) is 0 Å². The van der Waals surface area contributed by atoms with Gasteiger partial charge in [-0.2, -0.15) is 0 Å². The molecule has 9 nitrogen and oxygen atoms in total. The number of methoxy groups -OCH3 is 1. The van der Waals surface area contributed by atoms with Crippen LogP contribution in [0.15, 0.2) is 47.5 Å². The number of anilines is 1. The molecule has 28 heavy (non-hydrogen) atoms. The summed E-state index contributed by atoms with van der Waals surface area (Å²) in [6, 6.07) is 12.6. The Bertz CT molecular complexity index is 886. The average Bonchev–Trinajstić information content (AvgIpc) is 3.45. The van der Waals surface area contributed by atoms with E-state index in [2.05, 4.69) is 10.3 Å². The van der Waals surface area contributed by atoms with Crippen LogP contribution < -0.4 is 21.5 Å². The molecule has 0 aromatic heterocycles. The summed E-state index contributed by atoms with van der Waals surface area (Å²) in [5.41, 5.74) is 13.6. The van der Waals surface area contributed by atoms with Crippen molar-refractivity contribution in [3.63, 3.8) is 0 Å². The Labute approximate surface area is 161 Å². The van der Waals surface area contributed by atoms with Crippen LogP contribution in [0.4, 0.5) is 16.2 Å². The van der Waals surface area contributed by atoms with Crippen molar-refractivity contribution in [2.75, 3.05) is 12.4 Å². The zero-order chi connectivity index (χ0) is 20.7. The first-order valence-electron chi connectivity index (χ1n) is 8.41.